The maximum Gasteiger partial charge on any atom is 0.220 e. The molecule has 0 aliphatic heterocycles. The lowest BCUT2D eigenvalue weighted by atomic mass is 9.83. The number of rotatable bonds is 5. The number of hydrogen-bond acceptors (Lipinski definition) is 2. The second kappa shape index (κ2) is 5.35. The Morgan fingerprint density at radius 1 is 1.50 bits per heavy atom. The molecular weight excluding hydrogens is 176 g/mol. The first-order valence-electron chi connectivity index (χ1n) is 5.62. The zero-order valence-corrected chi connectivity index (χ0v) is 9.25. The highest BCUT2D eigenvalue weighted by molar-refractivity contribution is 5.76. The minimum Gasteiger partial charge on any atom is -0.355 e. The second-order valence-corrected chi connectivity index (χ2v) is 4.71. The average molecular weight is 198 g/mol. The summed E-state index contributed by atoms with van der Waals surface area (Å²) >= 11 is 0. The van der Waals surface area contributed by atoms with Crippen molar-refractivity contribution < 1.29 is 4.79 Å². The van der Waals surface area contributed by atoms with E-state index in [1.54, 1.807) is 0 Å². The van der Waals surface area contributed by atoms with Gasteiger partial charge in [0, 0.05) is 19.0 Å². The molecule has 1 atom stereocenters. The van der Waals surface area contributed by atoms with Crippen LogP contribution in [0.1, 0.15) is 39.5 Å². The summed E-state index contributed by atoms with van der Waals surface area (Å²) in [6, 6.07) is 0.0836. The largest absolute Gasteiger partial charge is 0.355 e. The maximum absolute atomic E-state index is 11.4. The molecule has 0 heterocycles. The van der Waals surface area contributed by atoms with E-state index in [2.05, 4.69) is 19.2 Å². The molecule has 82 valence electrons. The van der Waals surface area contributed by atoms with Gasteiger partial charge in [0.05, 0.1) is 0 Å². The first-order chi connectivity index (χ1) is 6.59. The van der Waals surface area contributed by atoms with Gasteiger partial charge in [0.1, 0.15) is 0 Å². The van der Waals surface area contributed by atoms with Gasteiger partial charge in [0.25, 0.3) is 0 Å². The number of carbonyl (C=O) groups excluding carboxylic acids is 1. The summed E-state index contributed by atoms with van der Waals surface area (Å²) in [4.78, 5) is 11.4. The molecule has 0 radical (unpaired) electrons. The molecule has 0 aromatic rings. The molecular formula is C11H22N2O. The lowest BCUT2D eigenvalue weighted by Gasteiger charge is -2.25. The van der Waals surface area contributed by atoms with Gasteiger partial charge < -0.3 is 11.1 Å². The Morgan fingerprint density at radius 3 is 2.57 bits per heavy atom. The first-order valence-corrected chi connectivity index (χ1v) is 5.62. The van der Waals surface area contributed by atoms with Gasteiger partial charge in [-0.25, -0.2) is 0 Å². The van der Waals surface area contributed by atoms with E-state index in [4.69, 9.17) is 5.73 Å². The van der Waals surface area contributed by atoms with E-state index >= 15 is 0 Å². The van der Waals surface area contributed by atoms with Gasteiger partial charge in [-0.2, -0.15) is 0 Å². The van der Waals surface area contributed by atoms with E-state index in [-0.39, 0.29) is 11.9 Å². The fourth-order valence-electron chi connectivity index (χ4n) is 1.50. The molecule has 1 fully saturated rings. The molecule has 1 rings (SSSR count). The Hall–Kier alpha value is -0.570. The number of nitrogens with two attached hydrogens (primary N) is 1. The Morgan fingerprint density at radius 2 is 2.14 bits per heavy atom. The van der Waals surface area contributed by atoms with Crippen molar-refractivity contribution in [1.82, 2.24) is 5.32 Å². The van der Waals surface area contributed by atoms with E-state index < -0.39 is 0 Å². The molecule has 1 amide bonds. The van der Waals surface area contributed by atoms with Crippen LogP contribution in [0.3, 0.4) is 0 Å². The lowest BCUT2D eigenvalue weighted by Crippen LogP contribution is -2.41. The van der Waals surface area contributed by atoms with Crippen molar-refractivity contribution in [3.8, 4) is 0 Å². The highest BCUT2D eigenvalue weighted by atomic mass is 16.1. The van der Waals surface area contributed by atoms with Crippen LogP contribution in [-0.2, 0) is 4.79 Å². The number of hydrogen-bond donors (Lipinski definition) is 2. The van der Waals surface area contributed by atoms with Crippen LogP contribution in [0.25, 0.3) is 0 Å². The third kappa shape index (κ3) is 3.66. The summed E-state index contributed by atoms with van der Waals surface area (Å²) in [5.74, 6) is 1.25. The third-order valence-corrected chi connectivity index (χ3v) is 3.09. The summed E-state index contributed by atoms with van der Waals surface area (Å²) in [5, 5.41) is 2.90. The van der Waals surface area contributed by atoms with Crippen molar-refractivity contribution in [2.45, 2.75) is 45.6 Å². The molecule has 3 N–H and O–H groups in total. The minimum absolute atomic E-state index is 0.0836. The smallest absolute Gasteiger partial charge is 0.220 e. The monoisotopic (exact) mass is 198 g/mol. The van der Waals surface area contributed by atoms with Gasteiger partial charge >= 0.3 is 0 Å². The molecule has 14 heavy (non-hydrogen) atoms. The number of amides is 1. The van der Waals surface area contributed by atoms with Crippen LogP contribution in [0.2, 0.25) is 0 Å². The molecule has 1 unspecified atom stereocenters. The van der Waals surface area contributed by atoms with Gasteiger partial charge in [-0.15, -0.1) is 0 Å². The van der Waals surface area contributed by atoms with E-state index in [9.17, 15) is 4.79 Å². The maximum atomic E-state index is 11.4. The Kier molecular flexibility index (Phi) is 4.39. The topological polar surface area (TPSA) is 55.1 Å². The van der Waals surface area contributed by atoms with Gasteiger partial charge in [-0.3, -0.25) is 4.79 Å². The van der Waals surface area contributed by atoms with Crippen LogP contribution < -0.4 is 11.1 Å². The average Bonchev–Trinajstić information content (AvgIpc) is 2.07. The summed E-state index contributed by atoms with van der Waals surface area (Å²) < 4.78 is 0. The molecule has 0 spiro atoms. The van der Waals surface area contributed by atoms with Crippen LogP contribution in [0.4, 0.5) is 0 Å². The Balaban J connectivity index is 2.07. The Labute approximate surface area is 86.4 Å². The molecule has 0 aromatic carbocycles. The second-order valence-electron chi connectivity index (χ2n) is 4.71. The standard InChI is InChI=1S/C11H22N2O/c1-8(2)10(12)7-13-11(14)6-9-4-3-5-9/h8-10H,3-7,12H2,1-2H3,(H,13,14). The predicted molar refractivity (Wildman–Crippen MR) is 57.8 cm³/mol. The van der Waals surface area contributed by atoms with Gasteiger partial charge in [0.2, 0.25) is 5.91 Å². The van der Waals surface area contributed by atoms with Crippen LogP contribution >= 0.6 is 0 Å². The molecule has 1 aliphatic carbocycles. The molecule has 3 heteroatoms. The molecule has 0 aromatic heterocycles. The van der Waals surface area contributed by atoms with E-state index in [0.717, 1.165) is 0 Å². The van der Waals surface area contributed by atoms with E-state index in [1.807, 2.05) is 0 Å². The zero-order chi connectivity index (χ0) is 10.6. The number of nitrogens with one attached hydrogen (secondary N) is 1. The van der Waals surface area contributed by atoms with Crippen molar-refractivity contribution >= 4 is 5.91 Å². The molecule has 1 saturated carbocycles. The highest BCUT2D eigenvalue weighted by Gasteiger charge is 2.20. The van der Waals surface area contributed by atoms with Crippen LogP contribution in [0.15, 0.2) is 0 Å². The van der Waals surface area contributed by atoms with Crippen molar-refractivity contribution in [3.05, 3.63) is 0 Å². The van der Waals surface area contributed by atoms with Crippen molar-refractivity contribution in [2.24, 2.45) is 17.6 Å². The quantitative estimate of drug-likeness (QED) is 0.699. The Bertz CT molecular complexity index is 188. The molecule has 0 bridgehead atoms. The lowest BCUT2D eigenvalue weighted by molar-refractivity contribution is -0.122. The first kappa shape index (κ1) is 11.5. The van der Waals surface area contributed by atoms with Crippen LogP contribution in [0, 0.1) is 11.8 Å². The summed E-state index contributed by atoms with van der Waals surface area (Å²) in [5.41, 5.74) is 5.83. The van der Waals surface area contributed by atoms with Crippen molar-refractivity contribution in [1.29, 1.82) is 0 Å². The number of carbonyl (C=O) groups is 1. The summed E-state index contributed by atoms with van der Waals surface area (Å²) in [6.45, 7) is 4.76. The summed E-state index contributed by atoms with van der Waals surface area (Å²) in [7, 11) is 0. The van der Waals surface area contributed by atoms with Gasteiger partial charge in [-0.1, -0.05) is 20.3 Å². The summed E-state index contributed by atoms with van der Waals surface area (Å²) in [6.07, 6.45) is 4.45. The van der Waals surface area contributed by atoms with Crippen LogP contribution in [-0.4, -0.2) is 18.5 Å². The molecule has 0 saturated heterocycles. The van der Waals surface area contributed by atoms with E-state index in [0.29, 0.717) is 24.8 Å². The highest BCUT2D eigenvalue weighted by Crippen LogP contribution is 2.28. The molecule has 3 nitrogen and oxygen atoms in total. The normalized spacial score (nSPS) is 19.1. The van der Waals surface area contributed by atoms with Crippen LogP contribution in [0.5, 0.6) is 0 Å². The van der Waals surface area contributed by atoms with E-state index in [1.165, 1.54) is 19.3 Å². The molecule has 1 aliphatic rings. The van der Waals surface area contributed by atoms with Crippen molar-refractivity contribution in [3.63, 3.8) is 0 Å². The fourth-order valence-corrected chi connectivity index (χ4v) is 1.50. The minimum atomic E-state index is 0.0836. The SMILES string of the molecule is CC(C)C(N)CNC(=O)CC1CCC1. The van der Waals surface area contributed by atoms with Gasteiger partial charge in [0.15, 0.2) is 0 Å². The third-order valence-electron chi connectivity index (χ3n) is 3.09. The fraction of sp³-hybridized carbons (Fsp3) is 0.909. The predicted octanol–water partition coefficient (Wildman–Crippen LogP) is 1.28. The zero-order valence-electron chi connectivity index (χ0n) is 9.25. The van der Waals surface area contributed by atoms with Gasteiger partial charge in [-0.05, 0) is 24.7 Å². The van der Waals surface area contributed by atoms with Crippen molar-refractivity contribution in [2.75, 3.05) is 6.54 Å².